The van der Waals surface area contributed by atoms with Crippen LogP contribution in [0.2, 0.25) is 0 Å². The van der Waals surface area contributed by atoms with E-state index in [1.807, 2.05) is 6.07 Å². The van der Waals surface area contributed by atoms with Crippen molar-refractivity contribution in [3.63, 3.8) is 0 Å². The van der Waals surface area contributed by atoms with E-state index in [4.69, 9.17) is 5.73 Å². The van der Waals surface area contributed by atoms with Gasteiger partial charge in [-0.1, -0.05) is 0 Å². The lowest BCUT2D eigenvalue weighted by atomic mass is 10.2. The van der Waals surface area contributed by atoms with E-state index in [2.05, 4.69) is 73.1 Å². The topological polar surface area (TPSA) is 92.4 Å². The predicted octanol–water partition coefficient (Wildman–Crippen LogP) is 1.08. The van der Waals surface area contributed by atoms with Crippen LogP contribution in [0.1, 0.15) is 10.4 Å². The molecule has 1 rings (SSSR count). The maximum absolute atomic E-state index is 11.9. The molecule has 8 heteroatoms. The zero-order valence-electron chi connectivity index (χ0n) is 8.91. The Morgan fingerprint density at radius 3 is 2.50 bits per heavy atom. The van der Waals surface area contributed by atoms with Gasteiger partial charge in [0.1, 0.15) is 6.10 Å². The first-order chi connectivity index (χ1) is 8.32. The molecule has 5 nitrogen and oxygen atoms in total. The number of nitrogens with one attached hydrogen (secondary N) is 1. The lowest BCUT2D eigenvalue weighted by molar-refractivity contribution is -0.125. The van der Waals surface area contributed by atoms with Gasteiger partial charge in [0.2, 0.25) is 5.91 Å². The molecule has 0 aromatic heterocycles. The SMILES string of the molecule is NC(=O)C(O)CNC(=O)c1cc(I)cc(I)c1I. The monoisotopic (exact) mass is 586 g/mol. The van der Waals surface area contributed by atoms with Crippen LogP contribution in [0.25, 0.3) is 0 Å². The predicted molar refractivity (Wildman–Crippen MR) is 92.1 cm³/mol. The minimum Gasteiger partial charge on any atom is -0.381 e. The fourth-order valence-corrected chi connectivity index (χ4v) is 3.51. The number of nitrogens with two attached hydrogens (primary N) is 1. The van der Waals surface area contributed by atoms with Gasteiger partial charge in [-0.3, -0.25) is 9.59 Å². The summed E-state index contributed by atoms with van der Waals surface area (Å²) in [5.74, 6) is -1.20. The van der Waals surface area contributed by atoms with Crippen molar-refractivity contribution in [1.82, 2.24) is 5.32 Å². The number of rotatable bonds is 4. The Balaban J connectivity index is 2.82. The van der Waals surface area contributed by atoms with Gasteiger partial charge < -0.3 is 16.2 Å². The van der Waals surface area contributed by atoms with Crippen LogP contribution in [-0.4, -0.2) is 29.6 Å². The minimum absolute atomic E-state index is 0.188. The van der Waals surface area contributed by atoms with Gasteiger partial charge in [-0.05, 0) is 79.9 Å². The molecule has 0 aliphatic heterocycles. The van der Waals surface area contributed by atoms with Gasteiger partial charge in [0.15, 0.2) is 0 Å². The number of carbonyl (C=O) groups excluding carboxylic acids is 2. The summed E-state index contributed by atoms with van der Waals surface area (Å²) < 4.78 is 2.75. The van der Waals surface area contributed by atoms with Crippen LogP contribution in [0.15, 0.2) is 12.1 Å². The summed E-state index contributed by atoms with van der Waals surface area (Å²) in [6.45, 7) is -0.188. The minimum atomic E-state index is -1.37. The van der Waals surface area contributed by atoms with E-state index in [0.717, 1.165) is 10.7 Å². The highest BCUT2D eigenvalue weighted by atomic mass is 127. The zero-order valence-corrected chi connectivity index (χ0v) is 15.4. The molecule has 0 spiro atoms. The van der Waals surface area contributed by atoms with Crippen LogP contribution in [-0.2, 0) is 4.79 Å². The molecule has 4 N–H and O–H groups in total. The molecule has 1 aromatic carbocycles. The third-order valence-corrected chi connectivity index (χ3v) is 5.69. The molecule has 0 aliphatic rings. The molecule has 0 aliphatic carbocycles. The van der Waals surface area contributed by atoms with Crippen LogP contribution >= 0.6 is 67.8 Å². The molecule has 2 amide bonds. The molecule has 18 heavy (non-hydrogen) atoms. The first kappa shape index (κ1) is 16.4. The number of primary amides is 1. The Morgan fingerprint density at radius 1 is 1.33 bits per heavy atom. The third kappa shape index (κ3) is 4.45. The van der Waals surface area contributed by atoms with Crippen LogP contribution in [0.4, 0.5) is 0 Å². The quantitative estimate of drug-likeness (QED) is 0.365. The summed E-state index contributed by atoms with van der Waals surface area (Å²) in [6, 6.07) is 3.70. The second-order valence-corrected chi connectivity index (χ2v) is 6.86. The number of hydrogen-bond donors (Lipinski definition) is 3. The fourth-order valence-electron chi connectivity index (χ4n) is 1.11. The van der Waals surface area contributed by atoms with Crippen LogP contribution in [0, 0.1) is 10.7 Å². The molecule has 0 saturated carbocycles. The van der Waals surface area contributed by atoms with E-state index in [1.54, 1.807) is 6.07 Å². The summed E-state index contributed by atoms with van der Waals surface area (Å²) in [6.07, 6.45) is -1.37. The fraction of sp³-hybridized carbons (Fsp3) is 0.200. The first-order valence-electron chi connectivity index (χ1n) is 4.73. The van der Waals surface area contributed by atoms with Crippen molar-refractivity contribution in [2.24, 2.45) is 5.73 Å². The average Bonchev–Trinajstić information content (AvgIpc) is 2.29. The Morgan fingerprint density at radius 2 is 1.94 bits per heavy atom. The van der Waals surface area contributed by atoms with E-state index in [-0.39, 0.29) is 12.5 Å². The van der Waals surface area contributed by atoms with Crippen molar-refractivity contribution in [3.8, 4) is 0 Å². The zero-order chi connectivity index (χ0) is 13.9. The van der Waals surface area contributed by atoms with Crippen LogP contribution in [0.5, 0.6) is 0 Å². The highest BCUT2D eigenvalue weighted by Crippen LogP contribution is 2.22. The number of benzene rings is 1. The van der Waals surface area contributed by atoms with E-state index >= 15 is 0 Å². The van der Waals surface area contributed by atoms with Gasteiger partial charge in [0, 0.05) is 10.7 Å². The second-order valence-electron chi connectivity index (χ2n) is 3.38. The van der Waals surface area contributed by atoms with E-state index < -0.39 is 12.0 Å². The maximum atomic E-state index is 11.9. The lowest BCUT2D eigenvalue weighted by Crippen LogP contribution is -2.40. The van der Waals surface area contributed by atoms with Gasteiger partial charge in [0.05, 0.1) is 12.1 Å². The van der Waals surface area contributed by atoms with Crippen LogP contribution in [0.3, 0.4) is 0 Å². The van der Waals surface area contributed by atoms with Crippen molar-refractivity contribution in [2.75, 3.05) is 6.54 Å². The molecular weight excluding hydrogens is 577 g/mol. The van der Waals surface area contributed by atoms with Gasteiger partial charge >= 0.3 is 0 Å². The van der Waals surface area contributed by atoms with Crippen molar-refractivity contribution in [1.29, 1.82) is 0 Å². The Labute approximate surface area is 145 Å². The number of aliphatic hydroxyl groups is 1. The van der Waals surface area contributed by atoms with Gasteiger partial charge in [0.25, 0.3) is 5.91 Å². The van der Waals surface area contributed by atoms with Crippen molar-refractivity contribution in [3.05, 3.63) is 28.4 Å². The van der Waals surface area contributed by atoms with Gasteiger partial charge in [-0.25, -0.2) is 0 Å². The molecule has 98 valence electrons. The largest absolute Gasteiger partial charge is 0.381 e. The first-order valence-corrected chi connectivity index (χ1v) is 7.96. The summed E-state index contributed by atoms with van der Waals surface area (Å²) >= 11 is 6.35. The number of aliphatic hydroxyl groups excluding tert-OH is 1. The second kappa shape index (κ2) is 7.19. The van der Waals surface area contributed by atoms with Crippen LogP contribution < -0.4 is 11.1 Å². The number of carbonyl (C=O) groups is 2. The molecule has 0 saturated heterocycles. The standard InChI is InChI=1S/C10H9I3N2O3/c11-4-1-5(8(13)6(12)2-4)10(18)15-3-7(16)9(14)17/h1-2,7,16H,3H2,(H2,14,17)(H,15,18). The molecule has 0 radical (unpaired) electrons. The number of hydrogen-bond acceptors (Lipinski definition) is 3. The summed E-state index contributed by atoms with van der Waals surface area (Å²) in [4.78, 5) is 22.6. The summed E-state index contributed by atoms with van der Waals surface area (Å²) in [5.41, 5.74) is 5.41. The van der Waals surface area contributed by atoms with Crippen molar-refractivity contribution >= 4 is 79.6 Å². The van der Waals surface area contributed by atoms with Crippen molar-refractivity contribution < 1.29 is 14.7 Å². The Bertz CT molecular complexity index is 494. The highest BCUT2D eigenvalue weighted by Gasteiger charge is 2.16. The Kier molecular flexibility index (Phi) is 6.54. The maximum Gasteiger partial charge on any atom is 0.252 e. The summed E-state index contributed by atoms with van der Waals surface area (Å²) in [7, 11) is 0. The Hall–Kier alpha value is 0.310. The normalized spacial score (nSPS) is 12.0. The number of amides is 2. The van der Waals surface area contributed by atoms with E-state index in [0.29, 0.717) is 5.56 Å². The molecule has 0 heterocycles. The summed E-state index contributed by atoms with van der Waals surface area (Å²) in [5, 5.41) is 11.7. The molecule has 1 aromatic rings. The molecule has 0 bridgehead atoms. The molecule has 1 unspecified atom stereocenters. The molecule has 1 atom stereocenters. The van der Waals surface area contributed by atoms with Gasteiger partial charge in [-0.2, -0.15) is 0 Å². The van der Waals surface area contributed by atoms with E-state index in [9.17, 15) is 14.7 Å². The van der Waals surface area contributed by atoms with E-state index in [1.165, 1.54) is 0 Å². The molecular formula is C10H9I3N2O3. The lowest BCUT2D eigenvalue weighted by Gasteiger charge is -2.10. The number of halogens is 3. The smallest absolute Gasteiger partial charge is 0.252 e. The highest BCUT2D eigenvalue weighted by molar-refractivity contribution is 14.1. The van der Waals surface area contributed by atoms with Crippen molar-refractivity contribution in [2.45, 2.75) is 6.10 Å². The average molecular weight is 586 g/mol. The molecule has 0 fully saturated rings. The third-order valence-electron chi connectivity index (χ3n) is 2.02. The van der Waals surface area contributed by atoms with Gasteiger partial charge in [-0.15, -0.1) is 0 Å².